The molecule has 4 rings (SSSR count). The Kier molecular flexibility index (Phi) is 3.81. The van der Waals surface area contributed by atoms with Crippen LogP contribution in [0.15, 0.2) is 36.9 Å². The first-order valence-corrected chi connectivity index (χ1v) is 8.48. The first-order valence-electron chi connectivity index (χ1n) is 7.67. The molecule has 0 fully saturated rings. The summed E-state index contributed by atoms with van der Waals surface area (Å²) in [6, 6.07) is 3.90. The number of rotatable bonds is 4. The smallest absolute Gasteiger partial charge is 0.227 e. The topological polar surface area (TPSA) is 77.8 Å². The Morgan fingerprint density at radius 3 is 2.88 bits per heavy atom. The Bertz CT molecular complexity index is 1050. The van der Waals surface area contributed by atoms with E-state index in [1.54, 1.807) is 35.5 Å². The molecule has 126 valence electrons. The van der Waals surface area contributed by atoms with Gasteiger partial charge in [-0.2, -0.15) is 5.10 Å². The quantitative estimate of drug-likeness (QED) is 0.605. The van der Waals surface area contributed by atoms with Crippen LogP contribution in [0.25, 0.3) is 21.3 Å². The van der Waals surface area contributed by atoms with Crippen molar-refractivity contribution in [3.63, 3.8) is 0 Å². The molecule has 0 unspecified atom stereocenters. The van der Waals surface area contributed by atoms with Gasteiger partial charge in [-0.05, 0) is 19.1 Å². The summed E-state index contributed by atoms with van der Waals surface area (Å²) in [6.07, 6.45) is 7.16. The summed E-state index contributed by atoms with van der Waals surface area (Å²) in [5.41, 5.74) is 3.69. The fraction of sp³-hybridized carbons (Fsp3) is 0.176. The number of hydrogen-bond acceptors (Lipinski definition) is 7. The highest BCUT2D eigenvalue weighted by Crippen LogP contribution is 2.40. The zero-order valence-corrected chi connectivity index (χ0v) is 14.8. The van der Waals surface area contributed by atoms with Crippen molar-refractivity contribution in [3.8, 4) is 17.0 Å². The Balaban J connectivity index is 1.84. The molecule has 0 aliphatic heterocycles. The molecule has 0 saturated heterocycles. The molecule has 8 heteroatoms. The lowest BCUT2D eigenvalue weighted by Gasteiger charge is -2.07. The lowest BCUT2D eigenvalue weighted by atomic mass is 10.1. The Hall–Kier alpha value is -3.00. The van der Waals surface area contributed by atoms with E-state index in [1.165, 1.54) is 0 Å². The number of thiophene rings is 1. The first-order chi connectivity index (χ1) is 12.2. The van der Waals surface area contributed by atoms with E-state index in [4.69, 9.17) is 9.72 Å². The maximum Gasteiger partial charge on any atom is 0.227 e. The summed E-state index contributed by atoms with van der Waals surface area (Å²) in [6.45, 7) is 2.07. The summed E-state index contributed by atoms with van der Waals surface area (Å²) in [7, 11) is 3.49. The number of nitrogens with one attached hydrogen (secondary N) is 1. The van der Waals surface area contributed by atoms with Crippen LogP contribution in [0.4, 0.5) is 11.6 Å². The van der Waals surface area contributed by atoms with Crippen molar-refractivity contribution in [2.75, 3.05) is 12.4 Å². The molecule has 7 nitrogen and oxygen atoms in total. The number of aromatic nitrogens is 5. The van der Waals surface area contributed by atoms with Gasteiger partial charge < -0.3 is 10.1 Å². The summed E-state index contributed by atoms with van der Waals surface area (Å²) in [5, 5.41) is 7.33. The minimum absolute atomic E-state index is 0.530. The highest BCUT2D eigenvalue weighted by molar-refractivity contribution is 7.19. The van der Waals surface area contributed by atoms with Gasteiger partial charge in [-0.3, -0.25) is 4.68 Å². The molecule has 0 saturated carbocycles. The first kappa shape index (κ1) is 15.5. The number of nitrogens with zero attached hydrogens (tertiary/aromatic N) is 5. The van der Waals surface area contributed by atoms with Gasteiger partial charge in [0.2, 0.25) is 11.8 Å². The molecule has 0 aliphatic carbocycles. The monoisotopic (exact) mass is 352 g/mol. The molecule has 0 radical (unpaired) electrons. The van der Waals surface area contributed by atoms with E-state index in [-0.39, 0.29) is 0 Å². The van der Waals surface area contributed by atoms with E-state index in [9.17, 15) is 0 Å². The molecule has 4 aromatic heterocycles. The number of anilines is 2. The second-order valence-electron chi connectivity index (χ2n) is 5.53. The van der Waals surface area contributed by atoms with Crippen molar-refractivity contribution in [3.05, 3.63) is 41.8 Å². The minimum Gasteiger partial charge on any atom is -0.481 e. The molecule has 4 aromatic rings. The van der Waals surface area contributed by atoms with Gasteiger partial charge in [0, 0.05) is 35.4 Å². The summed E-state index contributed by atoms with van der Waals surface area (Å²) in [4.78, 5) is 14.6. The largest absolute Gasteiger partial charge is 0.481 e. The van der Waals surface area contributed by atoms with Gasteiger partial charge in [0.1, 0.15) is 0 Å². The summed E-state index contributed by atoms with van der Waals surface area (Å²) in [5.74, 6) is 1.12. The normalized spacial score (nSPS) is 11.0. The number of methoxy groups -OCH3 is 1. The van der Waals surface area contributed by atoms with Gasteiger partial charge in [0.25, 0.3) is 0 Å². The zero-order chi connectivity index (χ0) is 17.4. The van der Waals surface area contributed by atoms with Crippen LogP contribution in [0.1, 0.15) is 4.88 Å². The third kappa shape index (κ3) is 2.80. The zero-order valence-electron chi connectivity index (χ0n) is 14.0. The fourth-order valence-electron chi connectivity index (χ4n) is 2.74. The van der Waals surface area contributed by atoms with Crippen molar-refractivity contribution >= 4 is 33.2 Å². The Morgan fingerprint density at radius 2 is 2.12 bits per heavy atom. The maximum absolute atomic E-state index is 5.43. The van der Waals surface area contributed by atoms with E-state index in [1.807, 2.05) is 31.6 Å². The molecule has 25 heavy (non-hydrogen) atoms. The molecular weight excluding hydrogens is 336 g/mol. The fourth-order valence-corrected chi connectivity index (χ4v) is 3.73. The molecule has 4 heterocycles. The van der Waals surface area contributed by atoms with Crippen LogP contribution >= 0.6 is 11.3 Å². The van der Waals surface area contributed by atoms with Crippen molar-refractivity contribution in [2.45, 2.75) is 6.92 Å². The number of fused-ring (bicyclic) bond motifs is 1. The van der Waals surface area contributed by atoms with Crippen molar-refractivity contribution in [2.24, 2.45) is 7.05 Å². The number of ether oxygens (including phenoxy) is 1. The number of hydrogen-bond donors (Lipinski definition) is 1. The molecule has 0 aromatic carbocycles. The predicted octanol–water partition coefficient (Wildman–Crippen LogP) is 3.55. The Labute approximate surface area is 148 Å². The highest BCUT2D eigenvalue weighted by atomic mass is 32.1. The van der Waals surface area contributed by atoms with Crippen molar-refractivity contribution in [1.29, 1.82) is 0 Å². The third-order valence-corrected chi connectivity index (χ3v) is 4.83. The number of pyridine rings is 1. The van der Waals surface area contributed by atoms with E-state index in [0.29, 0.717) is 11.8 Å². The van der Waals surface area contributed by atoms with Gasteiger partial charge in [0.05, 0.1) is 35.4 Å². The van der Waals surface area contributed by atoms with Crippen LogP contribution in [-0.2, 0) is 7.05 Å². The van der Waals surface area contributed by atoms with Gasteiger partial charge in [-0.25, -0.2) is 15.0 Å². The van der Waals surface area contributed by atoms with Crippen LogP contribution in [0.5, 0.6) is 5.88 Å². The van der Waals surface area contributed by atoms with E-state index in [0.717, 1.165) is 31.9 Å². The van der Waals surface area contributed by atoms with Crippen LogP contribution in [0, 0.1) is 6.92 Å². The van der Waals surface area contributed by atoms with Gasteiger partial charge in [-0.1, -0.05) is 0 Å². The highest BCUT2D eigenvalue weighted by Gasteiger charge is 2.17. The molecule has 0 atom stereocenters. The maximum atomic E-state index is 5.43. The van der Waals surface area contributed by atoms with E-state index >= 15 is 0 Å². The van der Waals surface area contributed by atoms with Crippen molar-refractivity contribution < 1.29 is 4.74 Å². The van der Waals surface area contributed by atoms with Crippen molar-refractivity contribution in [1.82, 2.24) is 24.7 Å². The molecule has 0 amide bonds. The van der Waals surface area contributed by atoms with E-state index in [2.05, 4.69) is 27.3 Å². The van der Waals surface area contributed by atoms with Gasteiger partial charge >= 0.3 is 0 Å². The summed E-state index contributed by atoms with van der Waals surface area (Å²) < 4.78 is 8.17. The standard InChI is InChI=1S/C17H16N6OS/c1-10-14(12-5-4-6-18-16(12)24-3)15-13(25-10)8-19-17(22-15)21-11-7-20-23(2)9-11/h4-9H,1-3H3,(H,19,21,22). The second kappa shape index (κ2) is 6.14. The minimum atomic E-state index is 0.530. The van der Waals surface area contributed by atoms with Crippen LogP contribution < -0.4 is 10.1 Å². The molecule has 1 N–H and O–H groups in total. The lowest BCUT2D eigenvalue weighted by molar-refractivity contribution is 0.399. The lowest BCUT2D eigenvalue weighted by Crippen LogP contribution is -1.96. The van der Waals surface area contributed by atoms with Crippen LogP contribution in [-0.4, -0.2) is 31.8 Å². The average molecular weight is 352 g/mol. The van der Waals surface area contributed by atoms with Crippen LogP contribution in [0.3, 0.4) is 0 Å². The molecule has 0 aliphatic rings. The average Bonchev–Trinajstić information content (AvgIpc) is 3.16. The second-order valence-corrected chi connectivity index (χ2v) is 6.78. The molecular formula is C17H16N6OS. The predicted molar refractivity (Wildman–Crippen MR) is 98.4 cm³/mol. The Morgan fingerprint density at radius 1 is 1.24 bits per heavy atom. The van der Waals surface area contributed by atoms with Gasteiger partial charge in [-0.15, -0.1) is 11.3 Å². The number of aryl methyl sites for hydroxylation is 2. The summed E-state index contributed by atoms with van der Waals surface area (Å²) >= 11 is 1.66. The SMILES string of the molecule is COc1ncccc1-c1c(C)sc2cnc(Nc3cnn(C)c3)nc12. The van der Waals surface area contributed by atoms with Gasteiger partial charge in [0.15, 0.2) is 0 Å². The third-order valence-electron chi connectivity index (χ3n) is 3.80. The van der Waals surface area contributed by atoms with Crippen LogP contribution in [0.2, 0.25) is 0 Å². The molecule has 0 spiro atoms. The van der Waals surface area contributed by atoms with E-state index < -0.39 is 0 Å². The molecule has 0 bridgehead atoms.